The second-order valence-electron chi connectivity index (χ2n) is 4.19. The summed E-state index contributed by atoms with van der Waals surface area (Å²) in [5.74, 6) is -0.707. The van der Waals surface area contributed by atoms with Gasteiger partial charge in [0.15, 0.2) is 12.4 Å². The van der Waals surface area contributed by atoms with Crippen LogP contribution >= 0.6 is 15.9 Å². The Kier molecular flexibility index (Phi) is 6.33. The zero-order chi connectivity index (χ0) is 14.5. The number of halogens is 2. The minimum atomic E-state index is -0.522. The van der Waals surface area contributed by atoms with Crippen molar-refractivity contribution in [3.63, 3.8) is 0 Å². The standard InChI is InChI=1S/C14H12BrN3O2.ClH/c15-11-4-1-5-12(7-11)17-13(19)9-18-6-2-3-10(8-18)14(16)20;/h1-8H,9H2,(H2-,16,17,19,20);1H. The minimum Gasteiger partial charge on any atom is -1.00 e. The fraction of sp³-hybridized carbons (Fsp3) is 0.0714. The second kappa shape index (κ2) is 7.75. The third kappa shape index (κ3) is 5.17. The highest BCUT2D eigenvalue weighted by Crippen LogP contribution is 2.15. The van der Waals surface area contributed by atoms with E-state index in [2.05, 4.69) is 21.2 Å². The van der Waals surface area contributed by atoms with Crippen molar-refractivity contribution < 1.29 is 26.6 Å². The van der Waals surface area contributed by atoms with Gasteiger partial charge in [0.2, 0.25) is 6.54 Å². The number of aromatic nitrogens is 1. The van der Waals surface area contributed by atoms with Crippen LogP contribution in [0.2, 0.25) is 0 Å². The molecule has 21 heavy (non-hydrogen) atoms. The molecule has 2 aromatic rings. The molecule has 1 aromatic carbocycles. The third-order valence-electron chi connectivity index (χ3n) is 2.58. The molecule has 0 atom stereocenters. The zero-order valence-electron chi connectivity index (χ0n) is 10.9. The number of rotatable bonds is 4. The lowest BCUT2D eigenvalue weighted by atomic mass is 10.2. The van der Waals surface area contributed by atoms with E-state index in [9.17, 15) is 9.59 Å². The van der Waals surface area contributed by atoms with Crippen LogP contribution < -0.4 is 28.0 Å². The largest absolute Gasteiger partial charge is 1.00 e. The van der Waals surface area contributed by atoms with E-state index in [1.165, 1.54) is 0 Å². The molecule has 0 aliphatic carbocycles. The molecule has 110 valence electrons. The van der Waals surface area contributed by atoms with E-state index in [0.29, 0.717) is 11.3 Å². The topological polar surface area (TPSA) is 76.1 Å². The van der Waals surface area contributed by atoms with Crippen molar-refractivity contribution in [2.45, 2.75) is 6.54 Å². The van der Waals surface area contributed by atoms with Crippen molar-refractivity contribution in [3.8, 4) is 0 Å². The highest BCUT2D eigenvalue weighted by molar-refractivity contribution is 9.10. The van der Waals surface area contributed by atoms with Crippen LogP contribution in [-0.4, -0.2) is 11.8 Å². The van der Waals surface area contributed by atoms with Crippen molar-refractivity contribution >= 4 is 33.4 Å². The van der Waals surface area contributed by atoms with Crippen LogP contribution in [0.3, 0.4) is 0 Å². The quantitative estimate of drug-likeness (QED) is 0.641. The summed E-state index contributed by atoms with van der Waals surface area (Å²) in [4.78, 5) is 23.0. The molecule has 0 fully saturated rings. The predicted molar refractivity (Wildman–Crippen MR) is 77.9 cm³/mol. The summed E-state index contributed by atoms with van der Waals surface area (Å²) in [6, 6.07) is 10.6. The van der Waals surface area contributed by atoms with E-state index in [4.69, 9.17) is 5.73 Å². The maximum atomic E-state index is 11.9. The van der Waals surface area contributed by atoms with Gasteiger partial charge in [-0.3, -0.25) is 9.59 Å². The number of benzene rings is 1. The highest BCUT2D eigenvalue weighted by atomic mass is 79.9. The van der Waals surface area contributed by atoms with Gasteiger partial charge in [0.1, 0.15) is 5.56 Å². The first-order valence-electron chi connectivity index (χ1n) is 5.89. The number of nitrogens with two attached hydrogens (primary N) is 1. The van der Waals surface area contributed by atoms with E-state index in [1.54, 1.807) is 35.2 Å². The van der Waals surface area contributed by atoms with E-state index < -0.39 is 5.91 Å². The number of carbonyl (C=O) groups excluding carboxylic acids is 2. The third-order valence-corrected chi connectivity index (χ3v) is 3.07. The summed E-state index contributed by atoms with van der Waals surface area (Å²) >= 11 is 3.34. The molecule has 0 aliphatic heterocycles. The Labute approximate surface area is 136 Å². The van der Waals surface area contributed by atoms with E-state index in [1.807, 2.05) is 18.2 Å². The molecule has 1 aromatic heterocycles. The van der Waals surface area contributed by atoms with Gasteiger partial charge >= 0.3 is 0 Å². The fourth-order valence-corrected chi connectivity index (χ4v) is 2.10. The maximum absolute atomic E-state index is 11.9. The summed E-state index contributed by atoms with van der Waals surface area (Å²) in [5.41, 5.74) is 6.26. The Balaban J connectivity index is 0.00000220. The number of anilines is 1. The number of nitrogens with zero attached hydrogens (tertiary/aromatic N) is 1. The Morgan fingerprint density at radius 3 is 2.67 bits per heavy atom. The molecule has 3 N–H and O–H groups in total. The number of hydrogen-bond acceptors (Lipinski definition) is 2. The first kappa shape index (κ1) is 17.1. The Morgan fingerprint density at radius 2 is 2.00 bits per heavy atom. The van der Waals surface area contributed by atoms with Gasteiger partial charge in [-0.15, -0.1) is 0 Å². The average Bonchev–Trinajstić information content (AvgIpc) is 2.38. The molecule has 2 amide bonds. The van der Waals surface area contributed by atoms with Crippen molar-refractivity contribution in [2.24, 2.45) is 5.73 Å². The van der Waals surface area contributed by atoms with Gasteiger partial charge in [-0.2, -0.15) is 4.57 Å². The van der Waals surface area contributed by atoms with Gasteiger partial charge in [0.05, 0.1) is 0 Å². The molecule has 7 heteroatoms. The smallest absolute Gasteiger partial charge is 0.290 e. The van der Waals surface area contributed by atoms with Crippen molar-refractivity contribution in [3.05, 3.63) is 58.8 Å². The number of hydrogen-bond donors (Lipinski definition) is 2. The number of pyridine rings is 1. The molecule has 0 saturated carbocycles. The Morgan fingerprint density at radius 1 is 1.24 bits per heavy atom. The fourth-order valence-electron chi connectivity index (χ4n) is 1.70. The molecule has 0 spiro atoms. The molecule has 1 heterocycles. The van der Waals surface area contributed by atoms with E-state index in [0.717, 1.165) is 4.47 Å². The summed E-state index contributed by atoms with van der Waals surface area (Å²) in [5, 5.41) is 2.77. The van der Waals surface area contributed by atoms with E-state index >= 15 is 0 Å². The lowest BCUT2D eigenvalue weighted by Crippen LogP contribution is -3.00. The van der Waals surface area contributed by atoms with Gasteiger partial charge < -0.3 is 23.5 Å². The number of nitrogens with one attached hydrogen (secondary N) is 1. The molecule has 0 radical (unpaired) electrons. The monoisotopic (exact) mass is 369 g/mol. The molecule has 2 rings (SSSR count). The number of primary amides is 1. The summed E-state index contributed by atoms with van der Waals surface area (Å²) in [6.07, 6.45) is 3.25. The maximum Gasteiger partial charge on any atom is 0.290 e. The van der Waals surface area contributed by atoms with Crippen LogP contribution in [0.5, 0.6) is 0 Å². The van der Waals surface area contributed by atoms with Crippen molar-refractivity contribution in [1.82, 2.24) is 0 Å². The van der Waals surface area contributed by atoms with Gasteiger partial charge in [0.25, 0.3) is 11.8 Å². The number of carbonyl (C=O) groups is 2. The summed E-state index contributed by atoms with van der Waals surface area (Å²) in [6.45, 7) is 0.105. The molecule has 5 nitrogen and oxygen atoms in total. The van der Waals surface area contributed by atoms with Gasteiger partial charge in [-0.25, -0.2) is 0 Å². The summed E-state index contributed by atoms with van der Waals surface area (Å²) in [7, 11) is 0. The molecule has 0 aliphatic rings. The molecule has 0 saturated heterocycles. The minimum absolute atomic E-state index is 0. The van der Waals surface area contributed by atoms with Crippen LogP contribution in [0.1, 0.15) is 10.4 Å². The molecule has 0 bridgehead atoms. The van der Waals surface area contributed by atoms with E-state index in [-0.39, 0.29) is 24.9 Å². The van der Waals surface area contributed by atoms with Crippen molar-refractivity contribution in [2.75, 3.05) is 5.32 Å². The Bertz CT molecular complexity index is 664. The summed E-state index contributed by atoms with van der Waals surface area (Å²) < 4.78 is 2.49. The highest BCUT2D eigenvalue weighted by Gasteiger charge is 2.12. The Hall–Kier alpha value is -1.92. The van der Waals surface area contributed by atoms with Crippen LogP contribution in [0, 0.1) is 0 Å². The normalized spacial score (nSPS) is 9.57. The van der Waals surface area contributed by atoms with Crippen LogP contribution in [0.25, 0.3) is 0 Å². The van der Waals surface area contributed by atoms with Crippen LogP contribution in [-0.2, 0) is 11.3 Å². The van der Waals surface area contributed by atoms with Gasteiger partial charge in [-0.05, 0) is 24.3 Å². The average molecular weight is 371 g/mol. The lowest BCUT2D eigenvalue weighted by Gasteiger charge is -2.03. The first-order valence-corrected chi connectivity index (χ1v) is 6.68. The SMILES string of the molecule is NC(=O)c1ccc[n+](CC(=O)Nc2cccc(Br)c2)c1.[Cl-]. The molecule has 0 unspecified atom stereocenters. The van der Waals surface area contributed by atoms with Crippen molar-refractivity contribution in [1.29, 1.82) is 0 Å². The van der Waals surface area contributed by atoms with Gasteiger partial charge in [-0.1, -0.05) is 22.0 Å². The molecular weight excluding hydrogens is 358 g/mol. The zero-order valence-corrected chi connectivity index (χ0v) is 13.3. The number of amides is 2. The van der Waals surface area contributed by atoms with Crippen LogP contribution in [0.15, 0.2) is 53.3 Å². The van der Waals surface area contributed by atoms with Gasteiger partial charge in [0, 0.05) is 16.2 Å². The molecular formula is C14H13BrClN3O2. The lowest BCUT2D eigenvalue weighted by molar-refractivity contribution is -0.684. The second-order valence-corrected chi connectivity index (χ2v) is 5.10. The first-order chi connectivity index (χ1) is 9.54. The van der Waals surface area contributed by atoms with Crippen LogP contribution in [0.4, 0.5) is 5.69 Å². The predicted octanol–water partition coefficient (Wildman–Crippen LogP) is -1.52.